The Balaban J connectivity index is 1.88. The number of rotatable bonds is 14. The van der Waals surface area contributed by atoms with Gasteiger partial charge in [-0.05, 0) is 48.1 Å². The zero-order valence-electron chi connectivity index (χ0n) is 21.3. The van der Waals surface area contributed by atoms with Crippen LogP contribution in [0.15, 0.2) is 60.7 Å². The van der Waals surface area contributed by atoms with E-state index in [0.29, 0.717) is 5.56 Å². The van der Waals surface area contributed by atoms with Crippen LogP contribution >= 0.6 is 0 Å². The van der Waals surface area contributed by atoms with Crippen molar-refractivity contribution in [2.75, 3.05) is 6.61 Å². The lowest BCUT2D eigenvalue weighted by atomic mass is 9.91. The topological polar surface area (TPSA) is 35.5 Å². The third-order valence-electron chi connectivity index (χ3n) is 6.28. The number of aryl methyl sites for hydroxylation is 1. The first-order valence-corrected chi connectivity index (χ1v) is 13.1. The van der Waals surface area contributed by atoms with E-state index >= 15 is 8.78 Å². The van der Waals surface area contributed by atoms with E-state index in [0.717, 1.165) is 68.9 Å². The van der Waals surface area contributed by atoms with E-state index in [-0.39, 0.29) is 23.3 Å². The van der Waals surface area contributed by atoms with E-state index in [2.05, 4.69) is 13.8 Å². The van der Waals surface area contributed by atoms with Gasteiger partial charge in [0.15, 0.2) is 0 Å². The standard InChI is InChI=1S/C31H36F2O3/c1-3-5-7-8-13-21-35-36-31(34)27-20-19-25(24-15-11-9-12-16-24)29(30(27)33)26-18-17-23(22-28(26)32)14-10-6-4-2/h9,11-12,15-20,22H,3-8,10,13-14,21H2,1-2H3. The molecule has 3 nitrogen and oxygen atoms in total. The van der Waals surface area contributed by atoms with Gasteiger partial charge in [-0.2, -0.15) is 4.89 Å². The van der Waals surface area contributed by atoms with Gasteiger partial charge in [0.1, 0.15) is 11.6 Å². The van der Waals surface area contributed by atoms with Crippen molar-refractivity contribution >= 4 is 5.97 Å². The number of benzene rings is 3. The molecule has 0 atom stereocenters. The van der Waals surface area contributed by atoms with Gasteiger partial charge in [0.05, 0.1) is 12.2 Å². The van der Waals surface area contributed by atoms with Crippen LogP contribution in [0.3, 0.4) is 0 Å². The maximum atomic E-state index is 15.9. The second kappa shape index (κ2) is 14.5. The highest BCUT2D eigenvalue weighted by Gasteiger charge is 2.24. The van der Waals surface area contributed by atoms with E-state index in [9.17, 15) is 4.79 Å². The number of halogens is 2. The fourth-order valence-corrected chi connectivity index (χ4v) is 4.26. The molecule has 0 saturated heterocycles. The number of carbonyl (C=O) groups excluding carboxylic acids is 1. The van der Waals surface area contributed by atoms with E-state index in [1.54, 1.807) is 12.1 Å². The summed E-state index contributed by atoms with van der Waals surface area (Å²) in [6.45, 7) is 4.51. The quantitative estimate of drug-likeness (QED) is 0.127. The Morgan fingerprint density at radius 1 is 0.778 bits per heavy atom. The van der Waals surface area contributed by atoms with Crippen molar-refractivity contribution in [2.24, 2.45) is 0 Å². The lowest BCUT2D eigenvalue weighted by molar-refractivity contribution is -0.241. The van der Waals surface area contributed by atoms with Gasteiger partial charge in [0.2, 0.25) is 0 Å². The molecule has 3 rings (SSSR count). The van der Waals surface area contributed by atoms with Gasteiger partial charge in [-0.15, -0.1) is 0 Å². The molecule has 0 aliphatic carbocycles. The highest BCUT2D eigenvalue weighted by Crippen LogP contribution is 2.37. The summed E-state index contributed by atoms with van der Waals surface area (Å²) in [5.74, 6) is -2.28. The van der Waals surface area contributed by atoms with Crippen LogP contribution in [0.4, 0.5) is 8.78 Å². The second-order valence-corrected chi connectivity index (χ2v) is 9.09. The lowest BCUT2D eigenvalue weighted by Gasteiger charge is -2.15. The lowest BCUT2D eigenvalue weighted by Crippen LogP contribution is -2.10. The monoisotopic (exact) mass is 494 g/mol. The van der Waals surface area contributed by atoms with Crippen molar-refractivity contribution in [1.29, 1.82) is 0 Å². The van der Waals surface area contributed by atoms with Crippen molar-refractivity contribution in [1.82, 2.24) is 0 Å². The van der Waals surface area contributed by atoms with Crippen LogP contribution in [-0.2, 0) is 16.2 Å². The highest BCUT2D eigenvalue weighted by molar-refractivity contribution is 5.95. The minimum absolute atomic E-state index is 0.0350. The number of unbranched alkanes of at least 4 members (excludes halogenated alkanes) is 6. The Hall–Kier alpha value is -3.05. The van der Waals surface area contributed by atoms with Crippen LogP contribution in [0.25, 0.3) is 22.3 Å². The molecule has 0 amide bonds. The van der Waals surface area contributed by atoms with Crippen LogP contribution in [0, 0.1) is 11.6 Å². The normalized spacial score (nSPS) is 11.0. The van der Waals surface area contributed by atoms with Crippen LogP contribution in [0.1, 0.15) is 81.1 Å². The van der Waals surface area contributed by atoms with E-state index in [4.69, 9.17) is 9.78 Å². The molecule has 0 aromatic heterocycles. The Labute approximate surface area is 213 Å². The summed E-state index contributed by atoms with van der Waals surface area (Å²) in [6.07, 6.45) is 9.00. The average Bonchev–Trinajstić information content (AvgIpc) is 2.89. The molecule has 0 spiro atoms. The molecule has 3 aromatic carbocycles. The van der Waals surface area contributed by atoms with Crippen LogP contribution < -0.4 is 0 Å². The third-order valence-corrected chi connectivity index (χ3v) is 6.28. The van der Waals surface area contributed by atoms with Crippen molar-refractivity contribution < 1.29 is 23.4 Å². The third kappa shape index (κ3) is 7.47. The minimum atomic E-state index is -0.932. The predicted molar refractivity (Wildman–Crippen MR) is 141 cm³/mol. The second-order valence-electron chi connectivity index (χ2n) is 9.09. The molecule has 0 fully saturated rings. The maximum Gasteiger partial charge on any atom is 0.376 e. The molecule has 3 aromatic rings. The van der Waals surface area contributed by atoms with Crippen LogP contribution in [-0.4, -0.2) is 12.6 Å². The van der Waals surface area contributed by atoms with Crippen molar-refractivity contribution in [2.45, 2.75) is 71.6 Å². The van der Waals surface area contributed by atoms with E-state index in [1.807, 2.05) is 36.4 Å². The predicted octanol–water partition coefficient (Wildman–Crippen LogP) is 9.09. The van der Waals surface area contributed by atoms with Crippen molar-refractivity contribution in [3.8, 4) is 22.3 Å². The van der Waals surface area contributed by atoms with Gasteiger partial charge in [-0.3, -0.25) is 4.89 Å². The molecular formula is C31H36F2O3. The first-order valence-electron chi connectivity index (χ1n) is 13.1. The summed E-state index contributed by atoms with van der Waals surface area (Å²) in [5.41, 5.74) is 1.95. The zero-order valence-corrected chi connectivity index (χ0v) is 21.3. The first-order chi connectivity index (χ1) is 17.6. The maximum absolute atomic E-state index is 15.9. The van der Waals surface area contributed by atoms with E-state index in [1.165, 1.54) is 12.1 Å². The molecule has 0 radical (unpaired) electrons. The number of hydrogen-bond acceptors (Lipinski definition) is 3. The molecule has 5 heteroatoms. The smallest absolute Gasteiger partial charge is 0.293 e. The fourth-order valence-electron chi connectivity index (χ4n) is 4.26. The number of hydrogen-bond donors (Lipinski definition) is 0. The van der Waals surface area contributed by atoms with Gasteiger partial charge in [-0.1, -0.05) is 101 Å². The molecule has 0 aliphatic heterocycles. The summed E-state index contributed by atoms with van der Waals surface area (Å²) in [4.78, 5) is 22.6. The van der Waals surface area contributed by atoms with Crippen LogP contribution in [0.2, 0.25) is 0 Å². The van der Waals surface area contributed by atoms with Gasteiger partial charge in [-0.25, -0.2) is 13.6 Å². The molecule has 0 unspecified atom stereocenters. The van der Waals surface area contributed by atoms with Gasteiger partial charge >= 0.3 is 5.97 Å². The fraction of sp³-hybridized carbons (Fsp3) is 0.387. The first kappa shape index (κ1) is 27.5. The molecule has 0 N–H and O–H groups in total. The minimum Gasteiger partial charge on any atom is -0.293 e. The molecular weight excluding hydrogens is 458 g/mol. The summed E-state index contributed by atoms with van der Waals surface area (Å²) in [7, 11) is 0. The molecule has 0 heterocycles. The van der Waals surface area contributed by atoms with Gasteiger partial charge in [0.25, 0.3) is 0 Å². The summed E-state index contributed by atoms with van der Waals surface area (Å²) in [6, 6.07) is 17.1. The Morgan fingerprint density at radius 3 is 2.19 bits per heavy atom. The largest absolute Gasteiger partial charge is 0.376 e. The summed E-state index contributed by atoms with van der Waals surface area (Å²) >= 11 is 0. The molecule has 0 saturated carbocycles. The van der Waals surface area contributed by atoms with Crippen LogP contribution in [0.5, 0.6) is 0 Å². The van der Waals surface area contributed by atoms with Gasteiger partial charge < -0.3 is 0 Å². The molecule has 0 bridgehead atoms. The summed E-state index contributed by atoms with van der Waals surface area (Å²) in [5, 5.41) is 0. The Kier molecular flexibility index (Phi) is 11.1. The highest BCUT2D eigenvalue weighted by atomic mass is 19.1. The molecule has 0 aliphatic rings. The SMILES string of the molecule is CCCCCCCOOC(=O)c1ccc(-c2ccccc2)c(-c2ccc(CCCCC)cc2F)c1F. The van der Waals surface area contributed by atoms with Gasteiger partial charge in [0, 0.05) is 11.1 Å². The molecule has 36 heavy (non-hydrogen) atoms. The zero-order chi connectivity index (χ0) is 25.8. The van der Waals surface area contributed by atoms with Crippen molar-refractivity contribution in [3.05, 3.63) is 83.4 Å². The van der Waals surface area contributed by atoms with Crippen molar-refractivity contribution in [3.63, 3.8) is 0 Å². The summed E-state index contributed by atoms with van der Waals surface area (Å²) < 4.78 is 31.2. The average molecular weight is 495 g/mol. The number of carbonyl (C=O) groups is 1. The molecule has 192 valence electrons. The van der Waals surface area contributed by atoms with E-state index < -0.39 is 17.6 Å². The Bertz CT molecular complexity index is 1110. The Morgan fingerprint density at radius 2 is 1.47 bits per heavy atom.